The maximum atomic E-state index is 12.5. The van der Waals surface area contributed by atoms with Gasteiger partial charge in [0.15, 0.2) is 0 Å². The SMILES string of the molecule is C[C@H](c1cccc(C=O)c1)[C@H]1CCCN1C(=O)OCc1ccccc1. The Morgan fingerprint density at radius 2 is 2.04 bits per heavy atom. The molecule has 0 radical (unpaired) electrons. The zero-order chi connectivity index (χ0) is 17.6. The van der Waals surface area contributed by atoms with Crippen LogP contribution in [0.2, 0.25) is 0 Å². The second-order valence-corrected chi connectivity index (χ2v) is 6.52. The van der Waals surface area contributed by atoms with Gasteiger partial charge in [0, 0.05) is 24.1 Å². The van der Waals surface area contributed by atoms with Crippen molar-refractivity contribution in [3.63, 3.8) is 0 Å². The fourth-order valence-corrected chi connectivity index (χ4v) is 3.48. The monoisotopic (exact) mass is 337 g/mol. The third-order valence-electron chi connectivity index (χ3n) is 4.89. The topological polar surface area (TPSA) is 46.6 Å². The molecule has 0 unspecified atom stereocenters. The summed E-state index contributed by atoms with van der Waals surface area (Å²) in [5.74, 6) is 0.159. The molecule has 0 saturated carbocycles. The minimum Gasteiger partial charge on any atom is -0.445 e. The Bertz CT molecular complexity index is 729. The summed E-state index contributed by atoms with van der Waals surface area (Å²) in [7, 11) is 0. The van der Waals surface area contributed by atoms with Crippen LogP contribution in [-0.4, -0.2) is 29.9 Å². The van der Waals surface area contributed by atoms with E-state index in [4.69, 9.17) is 4.74 Å². The minimum absolute atomic E-state index is 0.102. The summed E-state index contributed by atoms with van der Waals surface area (Å²) in [6.07, 6.45) is 2.52. The largest absolute Gasteiger partial charge is 0.445 e. The lowest BCUT2D eigenvalue weighted by Gasteiger charge is -2.29. The molecule has 4 nitrogen and oxygen atoms in total. The first kappa shape index (κ1) is 17.2. The Morgan fingerprint density at radius 1 is 1.24 bits per heavy atom. The molecule has 3 rings (SSSR count). The van der Waals surface area contributed by atoms with Gasteiger partial charge in [-0.1, -0.05) is 55.5 Å². The van der Waals surface area contributed by atoms with E-state index in [1.165, 1.54) is 0 Å². The average molecular weight is 337 g/mol. The summed E-state index contributed by atoms with van der Waals surface area (Å²) < 4.78 is 5.50. The van der Waals surface area contributed by atoms with Gasteiger partial charge in [0.05, 0.1) is 0 Å². The van der Waals surface area contributed by atoms with Gasteiger partial charge in [-0.3, -0.25) is 4.79 Å². The van der Waals surface area contributed by atoms with E-state index in [-0.39, 0.29) is 24.7 Å². The van der Waals surface area contributed by atoms with Gasteiger partial charge in [-0.15, -0.1) is 0 Å². The van der Waals surface area contributed by atoms with Crippen LogP contribution in [0.5, 0.6) is 0 Å². The van der Waals surface area contributed by atoms with Gasteiger partial charge in [0.25, 0.3) is 0 Å². The van der Waals surface area contributed by atoms with Crippen LogP contribution >= 0.6 is 0 Å². The lowest BCUT2D eigenvalue weighted by molar-refractivity contribution is 0.0886. The Balaban J connectivity index is 1.66. The number of amides is 1. The molecule has 1 aliphatic rings. The first-order valence-electron chi connectivity index (χ1n) is 8.71. The van der Waals surface area contributed by atoms with Crippen molar-refractivity contribution >= 4 is 12.4 Å². The van der Waals surface area contributed by atoms with E-state index in [1.54, 1.807) is 6.07 Å². The lowest BCUT2D eigenvalue weighted by Crippen LogP contribution is -2.38. The molecule has 2 aromatic carbocycles. The predicted molar refractivity (Wildman–Crippen MR) is 96.6 cm³/mol. The molecule has 130 valence electrons. The van der Waals surface area contributed by atoms with Crippen molar-refractivity contribution < 1.29 is 14.3 Å². The van der Waals surface area contributed by atoms with Crippen molar-refractivity contribution in [2.45, 2.75) is 38.3 Å². The molecule has 1 aliphatic heterocycles. The third kappa shape index (κ3) is 4.08. The van der Waals surface area contributed by atoms with Crippen molar-refractivity contribution in [1.82, 2.24) is 4.90 Å². The molecule has 4 heteroatoms. The predicted octanol–water partition coefficient (Wildman–Crippen LogP) is 4.40. The number of benzene rings is 2. The van der Waals surface area contributed by atoms with Crippen molar-refractivity contribution in [1.29, 1.82) is 0 Å². The Hall–Kier alpha value is -2.62. The number of carbonyl (C=O) groups excluding carboxylic acids is 2. The number of nitrogens with zero attached hydrogens (tertiary/aromatic N) is 1. The quantitative estimate of drug-likeness (QED) is 0.760. The van der Waals surface area contributed by atoms with Gasteiger partial charge in [-0.05, 0) is 30.0 Å². The summed E-state index contributed by atoms with van der Waals surface area (Å²) in [4.78, 5) is 25.4. The normalized spacial score (nSPS) is 18.0. The van der Waals surface area contributed by atoms with Crippen LogP contribution in [0.1, 0.15) is 47.2 Å². The summed E-state index contributed by atoms with van der Waals surface area (Å²) in [6, 6.07) is 17.4. The molecule has 25 heavy (non-hydrogen) atoms. The molecule has 0 aromatic heterocycles. The first-order chi connectivity index (χ1) is 12.2. The van der Waals surface area contributed by atoms with Crippen molar-refractivity contribution in [3.8, 4) is 0 Å². The molecule has 0 aliphatic carbocycles. The second kappa shape index (κ2) is 7.97. The molecule has 0 bridgehead atoms. The fraction of sp³-hybridized carbons (Fsp3) is 0.333. The Morgan fingerprint density at radius 3 is 2.80 bits per heavy atom. The summed E-state index contributed by atoms with van der Waals surface area (Å²) in [5.41, 5.74) is 2.73. The number of likely N-dealkylation sites (tertiary alicyclic amines) is 1. The first-order valence-corrected chi connectivity index (χ1v) is 8.71. The van der Waals surface area contributed by atoms with E-state index < -0.39 is 0 Å². The van der Waals surface area contributed by atoms with E-state index in [9.17, 15) is 9.59 Å². The van der Waals surface area contributed by atoms with Gasteiger partial charge in [0.2, 0.25) is 0 Å². The average Bonchev–Trinajstić information content (AvgIpc) is 3.16. The molecule has 2 atom stereocenters. The van der Waals surface area contributed by atoms with E-state index in [0.717, 1.165) is 36.8 Å². The molecular formula is C21H23NO3. The van der Waals surface area contributed by atoms with Crippen LogP contribution in [0, 0.1) is 0 Å². The molecule has 0 N–H and O–H groups in total. The molecule has 1 heterocycles. The van der Waals surface area contributed by atoms with E-state index in [0.29, 0.717) is 5.56 Å². The summed E-state index contributed by atoms with van der Waals surface area (Å²) >= 11 is 0. The van der Waals surface area contributed by atoms with Crippen LogP contribution in [0.15, 0.2) is 54.6 Å². The van der Waals surface area contributed by atoms with E-state index in [1.807, 2.05) is 53.4 Å². The lowest BCUT2D eigenvalue weighted by atomic mass is 9.91. The summed E-state index contributed by atoms with van der Waals surface area (Å²) in [6.45, 7) is 3.12. The number of rotatable bonds is 5. The maximum Gasteiger partial charge on any atom is 0.410 e. The van der Waals surface area contributed by atoms with Gasteiger partial charge in [0.1, 0.15) is 12.9 Å². The molecule has 2 aromatic rings. The van der Waals surface area contributed by atoms with Crippen molar-refractivity contribution in [2.75, 3.05) is 6.54 Å². The fourth-order valence-electron chi connectivity index (χ4n) is 3.48. The Labute approximate surface area is 148 Å². The van der Waals surface area contributed by atoms with Crippen LogP contribution in [0.4, 0.5) is 4.79 Å². The highest BCUT2D eigenvalue weighted by Crippen LogP contribution is 2.31. The summed E-state index contributed by atoms with van der Waals surface area (Å²) in [5, 5.41) is 0. The third-order valence-corrected chi connectivity index (χ3v) is 4.89. The van der Waals surface area contributed by atoms with Gasteiger partial charge < -0.3 is 9.64 Å². The smallest absolute Gasteiger partial charge is 0.410 e. The standard InChI is InChI=1S/C21H23NO3/c1-16(19-10-5-9-18(13-19)14-23)20-11-6-12-22(20)21(24)25-15-17-7-3-2-4-8-17/h2-5,7-10,13-14,16,20H,6,11-12,15H2,1H3/t16-,20-/m1/s1. The zero-order valence-corrected chi connectivity index (χ0v) is 14.4. The second-order valence-electron chi connectivity index (χ2n) is 6.52. The van der Waals surface area contributed by atoms with E-state index >= 15 is 0 Å². The molecule has 0 spiro atoms. The maximum absolute atomic E-state index is 12.5. The highest BCUT2D eigenvalue weighted by Gasteiger charge is 2.34. The van der Waals surface area contributed by atoms with Crippen LogP contribution < -0.4 is 0 Å². The number of hydrogen-bond acceptors (Lipinski definition) is 3. The minimum atomic E-state index is -0.259. The van der Waals surface area contributed by atoms with Crippen molar-refractivity contribution in [3.05, 3.63) is 71.3 Å². The molecule has 1 amide bonds. The van der Waals surface area contributed by atoms with Gasteiger partial charge in [-0.25, -0.2) is 4.79 Å². The van der Waals surface area contributed by atoms with Crippen LogP contribution in [0.25, 0.3) is 0 Å². The van der Waals surface area contributed by atoms with Crippen molar-refractivity contribution in [2.24, 2.45) is 0 Å². The van der Waals surface area contributed by atoms with Crippen LogP contribution in [0.3, 0.4) is 0 Å². The van der Waals surface area contributed by atoms with Gasteiger partial charge in [-0.2, -0.15) is 0 Å². The molecular weight excluding hydrogens is 314 g/mol. The van der Waals surface area contributed by atoms with Gasteiger partial charge >= 0.3 is 6.09 Å². The number of ether oxygens (including phenoxy) is 1. The highest BCUT2D eigenvalue weighted by molar-refractivity contribution is 5.75. The number of carbonyl (C=O) groups is 2. The van der Waals surface area contributed by atoms with E-state index in [2.05, 4.69) is 6.92 Å². The molecule has 1 fully saturated rings. The van der Waals surface area contributed by atoms with Crippen LogP contribution in [-0.2, 0) is 11.3 Å². The highest BCUT2D eigenvalue weighted by atomic mass is 16.6. The molecule has 1 saturated heterocycles. The number of aldehydes is 1. The Kier molecular flexibility index (Phi) is 5.49. The number of hydrogen-bond donors (Lipinski definition) is 0. The zero-order valence-electron chi connectivity index (χ0n) is 14.4.